The Hall–Kier alpha value is -1.63. The highest BCUT2D eigenvalue weighted by Crippen LogP contribution is 2.39. The fourth-order valence-electron chi connectivity index (χ4n) is 4.01. The monoisotopic (exact) mass is 295 g/mol. The van der Waals surface area contributed by atoms with Crippen LogP contribution in [0.3, 0.4) is 0 Å². The molecular weight excluding hydrogens is 274 g/mol. The van der Waals surface area contributed by atoms with Crippen LogP contribution in [0.2, 0.25) is 0 Å². The van der Waals surface area contributed by atoms with E-state index in [0.29, 0.717) is 24.9 Å². The number of carboxylic acids is 1. The van der Waals surface area contributed by atoms with E-state index < -0.39 is 12.0 Å². The molecule has 3 rings (SSSR count). The Morgan fingerprint density at radius 3 is 2.67 bits per heavy atom. The van der Waals surface area contributed by atoms with E-state index in [2.05, 4.69) is 5.32 Å². The number of carboxylic acid groups (broad SMARTS) is 1. The van der Waals surface area contributed by atoms with Crippen molar-refractivity contribution in [1.82, 2.24) is 15.1 Å². The van der Waals surface area contributed by atoms with Gasteiger partial charge >= 0.3 is 12.0 Å². The molecule has 1 saturated carbocycles. The van der Waals surface area contributed by atoms with Crippen LogP contribution in [0.15, 0.2) is 0 Å². The van der Waals surface area contributed by atoms with Gasteiger partial charge in [0.2, 0.25) is 5.91 Å². The minimum atomic E-state index is -0.790. The van der Waals surface area contributed by atoms with Crippen molar-refractivity contribution < 1.29 is 19.5 Å². The second-order valence-corrected chi connectivity index (χ2v) is 6.14. The molecule has 3 fully saturated rings. The summed E-state index contributed by atoms with van der Waals surface area (Å²) in [6.45, 7) is 0.780. The van der Waals surface area contributed by atoms with E-state index >= 15 is 0 Å². The zero-order valence-corrected chi connectivity index (χ0v) is 12.0. The molecule has 2 aliphatic heterocycles. The fraction of sp³-hybridized carbons (Fsp3) is 0.786. The van der Waals surface area contributed by atoms with E-state index in [1.165, 1.54) is 11.3 Å². The molecule has 1 aliphatic carbocycles. The standard InChI is InChI=1S/C14H21N3O4/c18-12-8-15-14(21)17(12)6-5-16-10-4-2-1-3-9(10)7-11(16)13(19)20/h9-11H,1-8H2,(H,15,21)(H,19,20). The highest BCUT2D eigenvalue weighted by Gasteiger charge is 2.45. The lowest BCUT2D eigenvalue weighted by atomic mass is 9.85. The van der Waals surface area contributed by atoms with Crippen molar-refractivity contribution >= 4 is 17.9 Å². The highest BCUT2D eigenvalue weighted by atomic mass is 16.4. The van der Waals surface area contributed by atoms with E-state index in [1.807, 2.05) is 4.90 Å². The third kappa shape index (κ3) is 2.62. The smallest absolute Gasteiger partial charge is 0.324 e. The Kier molecular flexibility index (Phi) is 3.84. The maximum atomic E-state index is 11.6. The summed E-state index contributed by atoms with van der Waals surface area (Å²) in [4.78, 5) is 37.8. The molecular formula is C14H21N3O4. The molecule has 2 N–H and O–H groups in total. The van der Waals surface area contributed by atoms with Crippen LogP contribution in [-0.4, -0.2) is 64.5 Å². The van der Waals surface area contributed by atoms with Crippen molar-refractivity contribution in [2.24, 2.45) is 5.92 Å². The molecule has 2 heterocycles. The molecule has 3 aliphatic rings. The van der Waals surface area contributed by atoms with Gasteiger partial charge in [0.1, 0.15) is 6.04 Å². The summed E-state index contributed by atoms with van der Waals surface area (Å²) < 4.78 is 0. The Labute approximate surface area is 123 Å². The predicted octanol–water partition coefficient (Wildman–Crippen LogP) is 0.256. The first-order valence-corrected chi connectivity index (χ1v) is 7.64. The van der Waals surface area contributed by atoms with Crippen LogP contribution < -0.4 is 5.32 Å². The molecule has 7 nitrogen and oxygen atoms in total. The van der Waals surface area contributed by atoms with E-state index in [1.54, 1.807) is 0 Å². The molecule has 0 radical (unpaired) electrons. The summed E-state index contributed by atoms with van der Waals surface area (Å²) in [6.07, 6.45) is 5.12. The Bertz CT molecular complexity index is 451. The second kappa shape index (κ2) is 5.63. The number of nitrogens with zero attached hydrogens (tertiary/aromatic N) is 2. The summed E-state index contributed by atoms with van der Waals surface area (Å²) in [5.41, 5.74) is 0. The van der Waals surface area contributed by atoms with Crippen LogP contribution in [0, 0.1) is 5.92 Å². The first kappa shape index (κ1) is 14.3. The highest BCUT2D eigenvalue weighted by molar-refractivity contribution is 6.01. The van der Waals surface area contributed by atoms with E-state index in [4.69, 9.17) is 0 Å². The molecule has 3 amide bonds. The molecule has 2 saturated heterocycles. The van der Waals surface area contributed by atoms with Crippen molar-refractivity contribution in [3.05, 3.63) is 0 Å². The van der Waals surface area contributed by atoms with Crippen LogP contribution in [0.25, 0.3) is 0 Å². The number of likely N-dealkylation sites (tertiary alicyclic amines) is 1. The van der Waals surface area contributed by atoms with Gasteiger partial charge in [0, 0.05) is 19.1 Å². The summed E-state index contributed by atoms with van der Waals surface area (Å²) >= 11 is 0. The van der Waals surface area contributed by atoms with Gasteiger partial charge in [-0.15, -0.1) is 0 Å². The lowest BCUT2D eigenvalue weighted by Gasteiger charge is -2.33. The SMILES string of the molecule is O=C(O)C1CC2CCCCC2N1CCN1C(=O)CNC1=O. The summed E-state index contributed by atoms with van der Waals surface area (Å²) in [6, 6.07) is -0.550. The van der Waals surface area contributed by atoms with Gasteiger partial charge in [-0.25, -0.2) is 4.79 Å². The zero-order valence-electron chi connectivity index (χ0n) is 12.0. The number of carbonyl (C=O) groups is 3. The number of carbonyl (C=O) groups excluding carboxylic acids is 2. The summed E-state index contributed by atoms with van der Waals surface area (Å²) in [5, 5.41) is 11.9. The minimum Gasteiger partial charge on any atom is -0.480 e. The van der Waals surface area contributed by atoms with Crippen LogP contribution in [0.1, 0.15) is 32.1 Å². The minimum absolute atomic E-state index is 0.0489. The number of rotatable bonds is 4. The first-order valence-electron chi connectivity index (χ1n) is 7.64. The van der Waals surface area contributed by atoms with Gasteiger partial charge in [-0.1, -0.05) is 12.8 Å². The van der Waals surface area contributed by atoms with E-state index in [9.17, 15) is 19.5 Å². The lowest BCUT2D eigenvalue weighted by molar-refractivity contribution is -0.142. The summed E-state index contributed by atoms with van der Waals surface area (Å²) in [5.74, 6) is -0.573. The molecule has 0 spiro atoms. The first-order chi connectivity index (χ1) is 10.1. The Morgan fingerprint density at radius 2 is 2.00 bits per heavy atom. The Morgan fingerprint density at radius 1 is 1.24 bits per heavy atom. The zero-order chi connectivity index (χ0) is 15.0. The molecule has 0 aromatic heterocycles. The number of fused-ring (bicyclic) bond motifs is 1. The van der Waals surface area contributed by atoms with Gasteiger partial charge < -0.3 is 10.4 Å². The number of amides is 3. The Balaban J connectivity index is 1.67. The van der Waals surface area contributed by atoms with Crippen LogP contribution >= 0.6 is 0 Å². The molecule has 3 unspecified atom stereocenters. The molecule has 0 aromatic rings. The molecule has 0 aromatic carbocycles. The van der Waals surface area contributed by atoms with Crippen molar-refractivity contribution in [2.75, 3.05) is 19.6 Å². The second-order valence-electron chi connectivity index (χ2n) is 6.14. The fourth-order valence-corrected chi connectivity index (χ4v) is 4.01. The van der Waals surface area contributed by atoms with Gasteiger partial charge in [-0.2, -0.15) is 0 Å². The molecule has 0 bridgehead atoms. The maximum Gasteiger partial charge on any atom is 0.324 e. The largest absolute Gasteiger partial charge is 0.480 e. The summed E-state index contributed by atoms with van der Waals surface area (Å²) in [7, 11) is 0. The number of urea groups is 1. The van der Waals surface area contributed by atoms with Crippen LogP contribution in [0.4, 0.5) is 4.79 Å². The topological polar surface area (TPSA) is 89.9 Å². The molecule has 7 heteroatoms. The number of imide groups is 1. The van der Waals surface area contributed by atoms with Gasteiger partial charge in [-0.05, 0) is 25.2 Å². The van der Waals surface area contributed by atoms with E-state index in [-0.39, 0.29) is 25.0 Å². The van der Waals surface area contributed by atoms with Crippen LogP contribution in [-0.2, 0) is 9.59 Å². The van der Waals surface area contributed by atoms with Crippen LogP contribution in [0.5, 0.6) is 0 Å². The van der Waals surface area contributed by atoms with Crippen molar-refractivity contribution in [2.45, 2.75) is 44.2 Å². The lowest BCUT2D eigenvalue weighted by Crippen LogP contribution is -2.47. The average Bonchev–Trinajstić information content (AvgIpc) is 2.98. The van der Waals surface area contributed by atoms with Crippen molar-refractivity contribution in [3.8, 4) is 0 Å². The van der Waals surface area contributed by atoms with Gasteiger partial charge in [0.25, 0.3) is 0 Å². The normalized spacial score (nSPS) is 33.1. The van der Waals surface area contributed by atoms with E-state index in [0.717, 1.165) is 19.3 Å². The maximum absolute atomic E-state index is 11.6. The molecule has 21 heavy (non-hydrogen) atoms. The number of aliphatic carboxylic acids is 1. The third-order valence-corrected chi connectivity index (χ3v) is 5.03. The number of hydrogen-bond donors (Lipinski definition) is 2. The van der Waals surface area contributed by atoms with Crippen molar-refractivity contribution in [3.63, 3.8) is 0 Å². The molecule has 116 valence electrons. The van der Waals surface area contributed by atoms with Gasteiger partial charge in [-0.3, -0.25) is 19.4 Å². The predicted molar refractivity (Wildman–Crippen MR) is 73.6 cm³/mol. The number of hydrogen-bond acceptors (Lipinski definition) is 4. The van der Waals surface area contributed by atoms with Gasteiger partial charge in [0.15, 0.2) is 0 Å². The van der Waals surface area contributed by atoms with Gasteiger partial charge in [0.05, 0.1) is 6.54 Å². The molecule has 3 atom stereocenters. The quantitative estimate of drug-likeness (QED) is 0.726. The average molecular weight is 295 g/mol. The number of nitrogens with one attached hydrogen (secondary N) is 1. The van der Waals surface area contributed by atoms with Crippen molar-refractivity contribution in [1.29, 1.82) is 0 Å². The third-order valence-electron chi connectivity index (χ3n) is 5.03.